The molecule has 2 aliphatic rings. The molecule has 2 rings (SSSR count). The van der Waals surface area contributed by atoms with Gasteiger partial charge in [0.25, 0.3) is 0 Å². The predicted octanol–water partition coefficient (Wildman–Crippen LogP) is 3.96. The maximum Gasteiger partial charge on any atom is 0.191 e. The highest BCUT2D eigenvalue weighted by Crippen LogP contribution is 2.43. The molecule has 0 unspecified atom stereocenters. The number of aliphatic imine (C=N–C) groups is 1. The molecule has 2 N–H and O–H groups in total. The third-order valence-corrected chi connectivity index (χ3v) is 6.38. The Morgan fingerprint density at radius 2 is 1.46 bits per heavy atom. The Balaban J connectivity index is 0.00000338. The number of rotatable bonds is 11. The summed E-state index contributed by atoms with van der Waals surface area (Å²) in [4.78, 5) is 4.45. The van der Waals surface area contributed by atoms with Crippen LogP contribution in [0.3, 0.4) is 0 Å². The first kappa shape index (κ1) is 24.0. The van der Waals surface area contributed by atoms with Crippen LogP contribution < -0.4 is 10.6 Å². The van der Waals surface area contributed by atoms with Crippen molar-refractivity contribution in [3.8, 4) is 0 Å². The molecule has 0 aromatic heterocycles. The SMILES string of the molecule is CCOCCC1(CNC(=NC)NCC2(CCOC)CCC2)CCCC1.I. The highest BCUT2D eigenvalue weighted by atomic mass is 127. The number of methoxy groups -OCH3 is 1. The first-order valence-electron chi connectivity index (χ1n) is 10.2. The van der Waals surface area contributed by atoms with Crippen molar-refractivity contribution in [1.82, 2.24) is 10.6 Å². The van der Waals surface area contributed by atoms with E-state index in [0.717, 1.165) is 51.7 Å². The molecule has 0 aromatic rings. The Labute approximate surface area is 177 Å². The quantitative estimate of drug-likeness (QED) is 0.203. The maximum absolute atomic E-state index is 5.62. The van der Waals surface area contributed by atoms with Gasteiger partial charge in [-0.05, 0) is 56.3 Å². The largest absolute Gasteiger partial charge is 0.385 e. The van der Waals surface area contributed by atoms with Crippen LogP contribution in [0.4, 0.5) is 0 Å². The van der Waals surface area contributed by atoms with Gasteiger partial charge >= 0.3 is 0 Å². The lowest BCUT2D eigenvalue weighted by Gasteiger charge is -2.42. The van der Waals surface area contributed by atoms with Crippen LogP contribution in [0.1, 0.15) is 64.7 Å². The Morgan fingerprint density at radius 3 is 1.88 bits per heavy atom. The number of nitrogens with one attached hydrogen (secondary N) is 2. The molecule has 2 aliphatic carbocycles. The Morgan fingerprint density at radius 1 is 0.923 bits per heavy atom. The lowest BCUT2D eigenvalue weighted by molar-refractivity contribution is 0.0731. The molecule has 2 saturated carbocycles. The van der Waals surface area contributed by atoms with Gasteiger partial charge in [0.15, 0.2) is 5.96 Å². The zero-order valence-corrected chi connectivity index (χ0v) is 19.4. The molecular formula is C20H40IN3O2. The van der Waals surface area contributed by atoms with E-state index in [4.69, 9.17) is 9.47 Å². The van der Waals surface area contributed by atoms with Crippen molar-refractivity contribution in [3.05, 3.63) is 0 Å². The summed E-state index contributed by atoms with van der Waals surface area (Å²) in [6.45, 7) is 6.63. The number of hydrogen-bond donors (Lipinski definition) is 2. The number of guanidine groups is 1. The molecule has 154 valence electrons. The first-order chi connectivity index (χ1) is 12.2. The number of hydrogen-bond acceptors (Lipinski definition) is 3. The molecular weight excluding hydrogens is 441 g/mol. The molecule has 6 heteroatoms. The van der Waals surface area contributed by atoms with Crippen LogP contribution in [0, 0.1) is 10.8 Å². The van der Waals surface area contributed by atoms with Gasteiger partial charge in [-0.1, -0.05) is 19.3 Å². The fraction of sp³-hybridized carbons (Fsp3) is 0.950. The van der Waals surface area contributed by atoms with E-state index in [1.165, 1.54) is 44.9 Å². The molecule has 0 aromatic carbocycles. The summed E-state index contributed by atoms with van der Waals surface area (Å²) in [7, 11) is 3.67. The maximum atomic E-state index is 5.62. The summed E-state index contributed by atoms with van der Waals surface area (Å²) in [6.07, 6.45) is 11.6. The second-order valence-electron chi connectivity index (χ2n) is 8.03. The zero-order valence-electron chi connectivity index (χ0n) is 17.1. The van der Waals surface area contributed by atoms with E-state index in [9.17, 15) is 0 Å². The lowest BCUT2D eigenvalue weighted by atomic mass is 9.67. The molecule has 26 heavy (non-hydrogen) atoms. The van der Waals surface area contributed by atoms with Gasteiger partial charge in [-0.25, -0.2) is 0 Å². The van der Waals surface area contributed by atoms with Gasteiger partial charge in [0, 0.05) is 47.1 Å². The van der Waals surface area contributed by atoms with Gasteiger partial charge < -0.3 is 20.1 Å². The smallest absolute Gasteiger partial charge is 0.191 e. The van der Waals surface area contributed by atoms with E-state index in [1.807, 2.05) is 7.05 Å². The lowest BCUT2D eigenvalue weighted by Crippen LogP contribution is -2.49. The van der Waals surface area contributed by atoms with E-state index in [2.05, 4.69) is 22.5 Å². The van der Waals surface area contributed by atoms with Crippen LogP contribution >= 0.6 is 24.0 Å². The average molecular weight is 481 g/mol. The van der Waals surface area contributed by atoms with Crippen molar-refractivity contribution in [2.45, 2.75) is 64.7 Å². The summed E-state index contributed by atoms with van der Waals surface area (Å²) >= 11 is 0. The van der Waals surface area contributed by atoms with Crippen LogP contribution in [0.25, 0.3) is 0 Å². The summed E-state index contributed by atoms with van der Waals surface area (Å²) in [5.74, 6) is 0.950. The van der Waals surface area contributed by atoms with Crippen molar-refractivity contribution in [1.29, 1.82) is 0 Å². The Kier molecular flexibility index (Phi) is 11.4. The molecule has 0 bridgehead atoms. The molecule has 0 atom stereocenters. The summed E-state index contributed by atoms with van der Waals surface area (Å²) in [5, 5.41) is 7.19. The number of halogens is 1. The van der Waals surface area contributed by atoms with Crippen molar-refractivity contribution in [3.63, 3.8) is 0 Å². The Bertz CT molecular complexity index is 408. The summed E-state index contributed by atoms with van der Waals surface area (Å²) < 4.78 is 10.9. The average Bonchev–Trinajstić information content (AvgIpc) is 3.05. The standard InChI is InChI=1S/C20H39N3O2.HI/c1-4-25-15-13-19(8-5-6-9-19)16-22-18(21-2)23-17-20(10-7-11-20)12-14-24-3;/h4-17H2,1-3H3,(H2,21,22,23);1H. The highest BCUT2D eigenvalue weighted by Gasteiger charge is 2.37. The van der Waals surface area contributed by atoms with E-state index < -0.39 is 0 Å². The molecule has 5 nitrogen and oxygen atoms in total. The van der Waals surface area contributed by atoms with Crippen molar-refractivity contribution < 1.29 is 9.47 Å². The van der Waals surface area contributed by atoms with Crippen molar-refractivity contribution in [2.24, 2.45) is 15.8 Å². The fourth-order valence-corrected chi connectivity index (χ4v) is 4.35. The second kappa shape index (κ2) is 12.4. The van der Waals surface area contributed by atoms with E-state index >= 15 is 0 Å². The predicted molar refractivity (Wildman–Crippen MR) is 120 cm³/mol. The molecule has 0 amide bonds. The second-order valence-corrected chi connectivity index (χ2v) is 8.03. The monoisotopic (exact) mass is 481 g/mol. The van der Waals surface area contributed by atoms with Gasteiger partial charge in [-0.15, -0.1) is 24.0 Å². The van der Waals surface area contributed by atoms with Crippen LogP contribution in [0.5, 0.6) is 0 Å². The number of nitrogens with zero attached hydrogens (tertiary/aromatic N) is 1. The van der Waals surface area contributed by atoms with Gasteiger partial charge in [-0.2, -0.15) is 0 Å². The van der Waals surface area contributed by atoms with Crippen LogP contribution in [-0.2, 0) is 9.47 Å². The van der Waals surface area contributed by atoms with Crippen LogP contribution in [0.15, 0.2) is 4.99 Å². The van der Waals surface area contributed by atoms with E-state index in [-0.39, 0.29) is 24.0 Å². The molecule has 2 fully saturated rings. The molecule has 0 heterocycles. The highest BCUT2D eigenvalue weighted by molar-refractivity contribution is 14.0. The summed E-state index contributed by atoms with van der Waals surface area (Å²) in [6, 6.07) is 0. The van der Waals surface area contributed by atoms with Crippen molar-refractivity contribution >= 4 is 29.9 Å². The van der Waals surface area contributed by atoms with Gasteiger partial charge in [-0.3, -0.25) is 4.99 Å². The number of ether oxygens (including phenoxy) is 2. The zero-order chi connectivity index (χ0) is 18.0. The molecule has 0 aliphatic heterocycles. The Hall–Kier alpha value is -0.0800. The fourth-order valence-electron chi connectivity index (χ4n) is 4.35. The van der Waals surface area contributed by atoms with E-state index in [1.54, 1.807) is 7.11 Å². The van der Waals surface area contributed by atoms with Gasteiger partial charge in [0.2, 0.25) is 0 Å². The minimum Gasteiger partial charge on any atom is -0.385 e. The minimum atomic E-state index is 0. The molecule has 0 spiro atoms. The topological polar surface area (TPSA) is 54.9 Å². The molecule has 0 radical (unpaired) electrons. The normalized spacial score (nSPS) is 21.0. The minimum absolute atomic E-state index is 0. The van der Waals surface area contributed by atoms with Gasteiger partial charge in [0.1, 0.15) is 0 Å². The van der Waals surface area contributed by atoms with Crippen LogP contribution in [0.2, 0.25) is 0 Å². The first-order valence-corrected chi connectivity index (χ1v) is 10.2. The van der Waals surface area contributed by atoms with E-state index in [0.29, 0.717) is 10.8 Å². The molecule has 0 saturated heterocycles. The van der Waals surface area contributed by atoms with Gasteiger partial charge in [0.05, 0.1) is 0 Å². The third-order valence-electron chi connectivity index (χ3n) is 6.38. The van der Waals surface area contributed by atoms with Crippen molar-refractivity contribution in [2.75, 3.05) is 47.1 Å². The summed E-state index contributed by atoms with van der Waals surface area (Å²) in [5.41, 5.74) is 0.796. The van der Waals surface area contributed by atoms with Crippen LogP contribution in [-0.4, -0.2) is 53.0 Å². The third kappa shape index (κ3) is 7.15.